The molecule has 3 unspecified atom stereocenters. The summed E-state index contributed by atoms with van der Waals surface area (Å²) < 4.78 is 28.2. The van der Waals surface area contributed by atoms with Gasteiger partial charge in [0.25, 0.3) is 5.91 Å². The number of nitrogens with one attached hydrogen (secondary N) is 1. The van der Waals surface area contributed by atoms with Gasteiger partial charge in [-0.2, -0.15) is 4.31 Å². The molecule has 2 aliphatic carbocycles. The number of piperidine rings is 1. The van der Waals surface area contributed by atoms with Crippen LogP contribution in [0.3, 0.4) is 0 Å². The third kappa shape index (κ3) is 3.36. The van der Waals surface area contributed by atoms with Crippen LogP contribution in [-0.2, 0) is 22.9 Å². The van der Waals surface area contributed by atoms with E-state index >= 15 is 0 Å². The molecule has 1 N–H and O–H groups in total. The van der Waals surface area contributed by atoms with E-state index in [1.54, 1.807) is 34.9 Å². The second-order valence-corrected chi connectivity index (χ2v) is 10.3. The summed E-state index contributed by atoms with van der Waals surface area (Å²) in [5, 5.41) is 3.08. The summed E-state index contributed by atoms with van der Waals surface area (Å²) in [6, 6.07) is 9.10. The van der Waals surface area contributed by atoms with Gasteiger partial charge in [-0.25, -0.2) is 8.42 Å². The van der Waals surface area contributed by atoms with Crippen LogP contribution in [0.4, 0.5) is 0 Å². The van der Waals surface area contributed by atoms with E-state index < -0.39 is 10.0 Å². The lowest BCUT2D eigenvalue weighted by Crippen LogP contribution is -2.47. The summed E-state index contributed by atoms with van der Waals surface area (Å²) in [7, 11) is -3.50. The number of hydrogen-bond donors (Lipinski definition) is 1. The molecule has 1 aromatic heterocycles. The number of hydrogen-bond acceptors (Lipinski definition) is 4. The molecule has 2 aromatic rings. The highest BCUT2D eigenvalue weighted by Crippen LogP contribution is 2.41. The molecule has 3 aliphatic rings. The van der Waals surface area contributed by atoms with Crippen molar-refractivity contribution in [1.82, 2.24) is 14.6 Å². The van der Waals surface area contributed by atoms with Crippen molar-refractivity contribution in [2.75, 3.05) is 6.54 Å². The number of sulfonamides is 1. The highest BCUT2D eigenvalue weighted by molar-refractivity contribution is 7.89. The van der Waals surface area contributed by atoms with Gasteiger partial charge in [0.15, 0.2) is 0 Å². The fourth-order valence-corrected chi connectivity index (χ4v) is 6.89. The Morgan fingerprint density at radius 3 is 2.66 bits per heavy atom. The SMILES string of the molecule is O=C(NC1CC2CC1CN2S(=O)(=O)c1ccc2c(c1)CCCC2)c1cccnc1. The van der Waals surface area contributed by atoms with Crippen molar-refractivity contribution in [2.24, 2.45) is 5.92 Å². The molecule has 152 valence electrons. The van der Waals surface area contributed by atoms with Gasteiger partial charge in [-0.05, 0) is 79.8 Å². The second kappa shape index (κ2) is 7.22. The average molecular weight is 412 g/mol. The van der Waals surface area contributed by atoms with Crippen molar-refractivity contribution < 1.29 is 13.2 Å². The largest absolute Gasteiger partial charge is 0.349 e. The van der Waals surface area contributed by atoms with Crippen LogP contribution >= 0.6 is 0 Å². The van der Waals surface area contributed by atoms with E-state index in [-0.39, 0.29) is 23.9 Å². The van der Waals surface area contributed by atoms with Gasteiger partial charge < -0.3 is 5.32 Å². The molecule has 1 saturated carbocycles. The van der Waals surface area contributed by atoms with Crippen LogP contribution in [0.1, 0.15) is 47.2 Å². The Morgan fingerprint density at radius 2 is 1.93 bits per heavy atom. The lowest BCUT2D eigenvalue weighted by atomic mass is 9.92. The molecule has 2 bridgehead atoms. The van der Waals surface area contributed by atoms with E-state index in [1.165, 1.54) is 17.5 Å². The van der Waals surface area contributed by atoms with Crippen LogP contribution in [-0.4, -0.2) is 42.2 Å². The highest BCUT2D eigenvalue weighted by atomic mass is 32.2. The first-order valence-corrected chi connectivity index (χ1v) is 11.8. The number of aryl methyl sites for hydroxylation is 2. The van der Waals surface area contributed by atoms with Gasteiger partial charge in [-0.3, -0.25) is 9.78 Å². The van der Waals surface area contributed by atoms with E-state index in [9.17, 15) is 13.2 Å². The van der Waals surface area contributed by atoms with Gasteiger partial charge in [0.2, 0.25) is 10.0 Å². The minimum atomic E-state index is -3.50. The molecule has 0 spiro atoms. The quantitative estimate of drug-likeness (QED) is 0.839. The normalized spacial score (nSPS) is 26.3. The number of carbonyl (C=O) groups is 1. The van der Waals surface area contributed by atoms with E-state index in [1.807, 2.05) is 12.1 Å². The third-order valence-electron chi connectivity index (χ3n) is 6.66. The Bertz CT molecular complexity index is 1040. The van der Waals surface area contributed by atoms with Crippen molar-refractivity contribution in [2.45, 2.75) is 55.5 Å². The average Bonchev–Trinajstić information content (AvgIpc) is 3.35. The molecule has 29 heavy (non-hydrogen) atoms. The number of benzene rings is 1. The predicted molar refractivity (Wildman–Crippen MR) is 109 cm³/mol. The van der Waals surface area contributed by atoms with Crippen LogP contribution < -0.4 is 5.32 Å². The number of carbonyl (C=O) groups excluding carboxylic acids is 1. The standard InChI is InChI=1S/C22H25N3O3S/c26-22(17-6-3-9-23-13-17)24-21-12-19-10-18(21)14-25(19)29(27,28)20-8-7-15-4-1-2-5-16(15)11-20/h3,6-9,11,13,18-19,21H,1-2,4-5,10,12,14H2,(H,24,26). The van der Waals surface area contributed by atoms with Crippen molar-refractivity contribution in [3.05, 3.63) is 59.4 Å². The maximum Gasteiger partial charge on any atom is 0.253 e. The minimum Gasteiger partial charge on any atom is -0.349 e. The first-order chi connectivity index (χ1) is 14.0. The summed E-state index contributed by atoms with van der Waals surface area (Å²) in [6.45, 7) is 0.474. The molecule has 1 aliphatic heterocycles. The Morgan fingerprint density at radius 1 is 1.10 bits per heavy atom. The van der Waals surface area contributed by atoms with E-state index in [0.29, 0.717) is 23.4 Å². The molecule has 5 rings (SSSR count). The molecule has 2 heterocycles. The maximum absolute atomic E-state index is 13.3. The maximum atomic E-state index is 13.3. The van der Waals surface area contributed by atoms with Crippen molar-refractivity contribution in [1.29, 1.82) is 0 Å². The van der Waals surface area contributed by atoms with Gasteiger partial charge >= 0.3 is 0 Å². The molecule has 2 fully saturated rings. The number of aromatic nitrogens is 1. The fraction of sp³-hybridized carbons (Fsp3) is 0.455. The Hall–Kier alpha value is -2.25. The molecule has 1 aromatic carbocycles. The molecule has 3 atom stereocenters. The summed E-state index contributed by atoms with van der Waals surface area (Å²) in [6.07, 6.45) is 8.98. The molecular formula is C22H25N3O3S. The summed E-state index contributed by atoms with van der Waals surface area (Å²) in [5.41, 5.74) is 3.01. The second-order valence-electron chi connectivity index (χ2n) is 8.42. The van der Waals surface area contributed by atoms with E-state index in [0.717, 1.165) is 25.7 Å². The fourth-order valence-electron chi connectivity index (χ4n) is 5.14. The number of rotatable bonds is 4. The van der Waals surface area contributed by atoms with E-state index in [4.69, 9.17) is 0 Å². The Kier molecular flexibility index (Phi) is 4.67. The zero-order valence-corrected chi connectivity index (χ0v) is 17.1. The molecule has 6 nitrogen and oxygen atoms in total. The Balaban J connectivity index is 1.29. The Labute approximate surface area is 171 Å². The van der Waals surface area contributed by atoms with Crippen LogP contribution in [0.25, 0.3) is 0 Å². The topological polar surface area (TPSA) is 79.4 Å². The lowest BCUT2D eigenvalue weighted by molar-refractivity contribution is 0.0919. The first-order valence-electron chi connectivity index (χ1n) is 10.4. The van der Waals surface area contributed by atoms with E-state index in [2.05, 4.69) is 10.3 Å². The first kappa shape index (κ1) is 18.8. The zero-order valence-electron chi connectivity index (χ0n) is 16.3. The van der Waals surface area contributed by atoms with Crippen LogP contribution in [0.5, 0.6) is 0 Å². The number of nitrogens with zero attached hydrogens (tertiary/aromatic N) is 2. The molecule has 1 saturated heterocycles. The zero-order chi connectivity index (χ0) is 20.0. The molecule has 1 amide bonds. The van der Waals surface area contributed by atoms with Gasteiger partial charge in [0, 0.05) is 31.0 Å². The number of amides is 1. The summed E-state index contributed by atoms with van der Waals surface area (Å²) in [4.78, 5) is 16.8. The van der Waals surface area contributed by atoms with Gasteiger partial charge in [-0.15, -0.1) is 0 Å². The van der Waals surface area contributed by atoms with Crippen LogP contribution in [0, 0.1) is 5.92 Å². The predicted octanol–water partition coefficient (Wildman–Crippen LogP) is 2.54. The number of pyridine rings is 1. The lowest BCUT2D eigenvalue weighted by Gasteiger charge is -2.31. The van der Waals surface area contributed by atoms with Crippen molar-refractivity contribution >= 4 is 15.9 Å². The number of fused-ring (bicyclic) bond motifs is 3. The highest BCUT2D eigenvalue weighted by Gasteiger charge is 2.49. The van der Waals surface area contributed by atoms with Crippen molar-refractivity contribution in [3.8, 4) is 0 Å². The van der Waals surface area contributed by atoms with Gasteiger partial charge in [0.1, 0.15) is 0 Å². The molecule has 0 radical (unpaired) electrons. The smallest absolute Gasteiger partial charge is 0.253 e. The molecule has 7 heteroatoms. The molecular weight excluding hydrogens is 386 g/mol. The summed E-state index contributed by atoms with van der Waals surface area (Å²) in [5.74, 6) is 0.0211. The third-order valence-corrected chi connectivity index (χ3v) is 8.57. The van der Waals surface area contributed by atoms with Gasteiger partial charge in [-0.1, -0.05) is 6.07 Å². The van der Waals surface area contributed by atoms with Gasteiger partial charge in [0.05, 0.1) is 10.5 Å². The minimum absolute atomic E-state index is 0.0164. The monoisotopic (exact) mass is 411 g/mol. The van der Waals surface area contributed by atoms with Crippen LogP contribution in [0.15, 0.2) is 47.6 Å². The van der Waals surface area contributed by atoms with Crippen molar-refractivity contribution in [3.63, 3.8) is 0 Å². The summed E-state index contributed by atoms with van der Waals surface area (Å²) >= 11 is 0. The van der Waals surface area contributed by atoms with Crippen LogP contribution in [0.2, 0.25) is 0 Å².